The van der Waals surface area contributed by atoms with Gasteiger partial charge in [0.25, 0.3) is 0 Å². The van der Waals surface area contributed by atoms with Crippen molar-refractivity contribution >= 4 is 22.7 Å². The third-order valence-corrected chi connectivity index (χ3v) is 7.59. The Labute approximate surface area is 225 Å². The van der Waals surface area contributed by atoms with E-state index in [1.807, 2.05) is 18.5 Å². The Morgan fingerprint density at radius 1 is 0.921 bits per heavy atom. The highest BCUT2D eigenvalue weighted by molar-refractivity contribution is 6.32. The quantitative estimate of drug-likeness (QED) is 0.216. The lowest BCUT2D eigenvalue weighted by atomic mass is 9.73. The van der Waals surface area contributed by atoms with Crippen molar-refractivity contribution in [3.63, 3.8) is 0 Å². The fraction of sp³-hybridized carbons (Fsp3) is 0.200. The molecule has 6 rings (SSSR count). The lowest BCUT2D eigenvalue weighted by Gasteiger charge is -2.32. The second-order valence-corrected chi connectivity index (χ2v) is 10.0. The molecule has 0 aliphatic heterocycles. The minimum Gasteiger partial charge on any atom is -0.285 e. The van der Waals surface area contributed by atoms with E-state index in [-0.39, 0.29) is 5.82 Å². The lowest BCUT2D eigenvalue weighted by Crippen LogP contribution is -2.15. The van der Waals surface area contributed by atoms with E-state index in [1.165, 1.54) is 29.7 Å². The van der Waals surface area contributed by atoms with Gasteiger partial charge in [-0.2, -0.15) is 10.3 Å². The van der Waals surface area contributed by atoms with E-state index in [2.05, 4.69) is 79.4 Å². The number of hydrogen-bond donors (Lipinski definition) is 2. The summed E-state index contributed by atoms with van der Waals surface area (Å²) in [6, 6.07) is 21.9. The van der Waals surface area contributed by atoms with E-state index in [4.69, 9.17) is 11.6 Å². The van der Waals surface area contributed by atoms with Gasteiger partial charge in [0.1, 0.15) is 5.82 Å². The van der Waals surface area contributed by atoms with Gasteiger partial charge in [-0.3, -0.25) is 5.10 Å². The summed E-state index contributed by atoms with van der Waals surface area (Å²) in [5.41, 5.74) is 8.72. The molecule has 5 aromatic rings. The molecule has 2 N–H and O–H groups in total. The summed E-state index contributed by atoms with van der Waals surface area (Å²) < 4.78 is 14.0. The minimum absolute atomic E-state index is 0.330. The topological polar surface area (TPSA) is 83.1 Å². The van der Waals surface area contributed by atoms with Crippen LogP contribution in [0, 0.1) is 11.7 Å². The molecule has 2 aromatic heterocycles. The van der Waals surface area contributed by atoms with E-state index in [9.17, 15) is 4.39 Å². The molecule has 0 spiro atoms. The third kappa shape index (κ3) is 5.02. The van der Waals surface area contributed by atoms with Gasteiger partial charge in [-0.1, -0.05) is 77.8 Å². The lowest BCUT2D eigenvalue weighted by molar-refractivity contribution is 0.401. The van der Waals surface area contributed by atoms with Crippen LogP contribution >= 0.6 is 11.6 Å². The van der Waals surface area contributed by atoms with Crippen molar-refractivity contribution in [2.24, 2.45) is 5.92 Å². The summed E-state index contributed by atoms with van der Waals surface area (Å²) in [7, 11) is 0. The maximum atomic E-state index is 14.0. The highest BCUT2D eigenvalue weighted by atomic mass is 35.5. The highest BCUT2D eigenvalue weighted by Gasteiger charge is 2.28. The normalized spacial score (nSPS) is 14.3. The molecule has 6 nitrogen and oxygen atoms in total. The van der Waals surface area contributed by atoms with Crippen molar-refractivity contribution < 1.29 is 4.39 Å². The van der Waals surface area contributed by atoms with Gasteiger partial charge in [-0.05, 0) is 76.3 Å². The fourth-order valence-electron chi connectivity index (χ4n) is 5.06. The molecule has 0 amide bonds. The summed E-state index contributed by atoms with van der Waals surface area (Å²) in [5.74, 6) is 0.730. The molecule has 38 heavy (non-hydrogen) atoms. The van der Waals surface area contributed by atoms with Crippen molar-refractivity contribution in [2.45, 2.75) is 32.1 Å². The molecule has 2 heterocycles. The van der Waals surface area contributed by atoms with Crippen LogP contribution in [-0.2, 0) is 12.8 Å². The number of hydrogen-bond acceptors (Lipinski definition) is 4. The molecule has 8 heteroatoms. The zero-order valence-corrected chi connectivity index (χ0v) is 21.4. The highest BCUT2D eigenvalue weighted by Crippen LogP contribution is 2.47. The van der Waals surface area contributed by atoms with Gasteiger partial charge in [-0.15, -0.1) is 10.2 Å². The second kappa shape index (κ2) is 10.7. The van der Waals surface area contributed by atoms with Crippen molar-refractivity contribution in [3.8, 4) is 11.1 Å². The van der Waals surface area contributed by atoms with E-state index < -0.39 is 0 Å². The Bertz CT molecular complexity index is 1540. The molecule has 1 aliphatic rings. The van der Waals surface area contributed by atoms with Crippen molar-refractivity contribution in [1.29, 1.82) is 0 Å². The first kappa shape index (κ1) is 24.2. The fourth-order valence-corrected chi connectivity index (χ4v) is 5.33. The molecule has 0 radical (unpaired) electrons. The molecule has 1 aliphatic carbocycles. The van der Waals surface area contributed by atoms with Gasteiger partial charge in [0.2, 0.25) is 0 Å². The van der Waals surface area contributed by atoms with Crippen LogP contribution in [0.1, 0.15) is 47.3 Å². The van der Waals surface area contributed by atoms with Crippen molar-refractivity contribution in [3.05, 3.63) is 118 Å². The van der Waals surface area contributed by atoms with Crippen LogP contribution in [0.4, 0.5) is 4.39 Å². The van der Waals surface area contributed by atoms with Gasteiger partial charge in [0.05, 0.1) is 11.2 Å². The van der Waals surface area contributed by atoms with Gasteiger partial charge in [0, 0.05) is 18.2 Å². The summed E-state index contributed by atoms with van der Waals surface area (Å²) in [6.45, 7) is 0. The van der Waals surface area contributed by atoms with Gasteiger partial charge < -0.3 is 0 Å². The number of H-pyrrole nitrogens is 2. The molecule has 1 saturated carbocycles. The number of allylic oxidation sites excluding steroid dienone is 1. The Kier molecular flexibility index (Phi) is 6.84. The Hall–Kier alpha value is -4.10. The largest absolute Gasteiger partial charge is 0.285 e. The SMILES string of the molecule is Fc1ccc(/C(=C(\c2ccc(CCc3nn[nH]n3)cc2)c2ccc(-c3cn[nH]c3)cc2)C2CCC2)c(Cl)c1. The predicted octanol–water partition coefficient (Wildman–Crippen LogP) is 6.93. The molecule has 0 bridgehead atoms. The monoisotopic (exact) mass is 524 g/mol. The second-order valence-electron chi connectivity index (χ2n) is 9.63. The zero-order valence-electron chi connectivity index (χ0n) is 20.7. The van der Waals surface area contributed by atoms with Crippen molar-refractivity contribution in [2.75, 3.05) is 0 Å². The van der Waals surface area contributed by atoms with Gasteiger partial charge in [0.15, 0.2) is 5.82 Å². The molecule has 0 atom stereocenters. The molecule has 1 fully saturated rings. The van der Waals surface area contributed by atoms with Gasteiger partial charge in [-0.25, -0.2) is 4.39 Å². The summed E-state index contributed by atoms with van der Waals surface area (Å²) in [4.78, 5) is 0. The smallest absolute Gasteiger partial charge is 0.174 e. The summed E-state index contributed by atoms with van der Waals surface area (Å²) in [5, 5.41) is 21.6. The van der Waals surface area contributed by atoms with Crippen LogP contribution in [0.2, 0.25) is 5.02 Å². The maximum Gasteiger partial charge on any atom is 0.174 e. The number of halogens is 2. The molecule has 0 unspecified atom stereocenters. The number of nitrogens with zero attached hydrogens (tertiary/aromatic N) is 4. The number of benzene rings is 3. The number of aromatic amines is 2. The Morgan fingerprint density at radius 2 is 1.68 bits per heavy atom. The number of tetrazole rings is 1. The number of aryl methyl sites for hydroxylation is 2. The van der Waals surface area contributed by atoms with Crippen LogP contribution in [0.25, 0.3) is 22.3 Å². The van der Waals surface area contributed by atoms with E-state index in [0.29, 0.717) is 23.2 Å². The minimum atomic E-state index is -0.330. The van der Waals surface area contributed by atoms with E-state index in [1.54, 1.807) is 0 Å². The standard InChI is InChI=1S/C30H26ClFN6/c31-27-16-25(32)13-14-26(27)30(21-2-1-3-21)29(23-11-9-20(10-12-23)24-17-33-34-18-24)22-7-4-19(5-8-22)6-15-28-35-37-38-36-28/h4-5,7-14,16-18,21H,1-3,6,15H2,(H,33,34)(H,35,36,37,38)/b30-29+. The van der Waals surface area contributed by atoms with E-state index >= 15 is 0 Å². The third-order valence-electron chi connectivity index (χ3n) is 7.28. The first-order chi connectivity index (χ1) is 18.7. The average Bonchev–Trinajstić information content (AvgIpc) is 3.62. The van der Waals surface area contributed by atoms with Crippen molar-refractivity contribution in [1.82, 2.24) is 30.8 Å². The maximum absolute atomic E-state index is 14.0. The predicted molar refractivity (Wildman–Crippen MR) is 147 cm³/mol. The van der Waals surface area contributed by atoms with Crippen LogP contribution in [0.3, 0.4) is 0 Å². The molecule has 0 saturated heterocycles. The Morgan fingerprint density at radius 3 is 2.29 bits per heavy atom. The van der Waals surface area contributed by atoms with Crippen LogP contribution in [-0.4, -0.2) is 30.8 Å². The van der Waals surface area contributed by atoms with Crippen LogP contribution in [0.5, 0.6) is 0 Å². The first-order valence-corrected chi connectivity index (χ1v) is 13.1. The van der Waals surface area contributed by atoms with Crippen LogP contribution in [0.15, 0.2) is 79.1 Å². The zero-order chi connectivity index (χ0) is 25.9. The summed E-state index contributed by atoms with van der Waals surface area (Å²) in [6.07, 6.45) is 8.58. The average molecular weight is 525 g/mol. The molecule has 190 valence electrons. The molecular weight excluding hydrogens is 499 g/mol. The van der Waals surface area contributed by atoms with Crippen LogP contribution < -0.4 is 0 Å². The number of aromatic nitrogens is 6. The van der Waals surface area contributed by atoms with Gasteiger partial charge >= 0.3 is 0 Å². The number of nitrogens with one attached hydrogen (secondary N) is 2. The first-order valence-electron chi connectivity index (χ1n) is 12.8. The summed E-state index contributed by atoms with van der Waals surface area (Å²) >= 11 is 6.67. The Balaban J connectivity index is 1.45. The molecule has 3 aromatic carbocycles. The van der Waals surface area contributed by atoms with E-state index in [0.717, 1.165) is 52.7 Å². The molecular formula is C30H26ClFN6. The number of rotatable bonds is 8.